The van der Waals surface area contributed by atoms with Crippen LogP contribution in [0.4, 0.5) is 4.39 Å². The maximum atomic E-state index is 13.2. The smallest absolute Gasteiger partial charge is 0.123 e. The monoisotopic (exact) mass is 291 g/mol. The molecule has 0 amide bonds. The van der Waals surface area contributed by atoms with E-state index in [9.17, 15) is 4.39 Å². The van der Waals surface area contributed by atoms with Crippen molar-refractivity contribution in [2.45, 2.75) is 6.54 Å². The minimum Gasteiger partial charge on any atom is -0.332 e. The molecule has 0 aliphatic heterocycles. The highest BCUT2D eigenvalue weighted by atomic mass is 19.1. The molecular weight excluding hydrogens is 277 g/mol. The normalized spacial score (nSPS) is 11.1. The molecule has 4 aromatic rings. The van der Waals surface area contributed by atoms with Gasteiger partial charge in [-0.15, -0.1) is 0 Å². The number of para-hydroxylation sites is 1. The van der Waals surface area contributed by atoms with Crippen molar-refractivity contribution in [1.82, 2.24) is 14.1 Å². The summed E-state index contributed by atoms with van der Waals surface area (Å²) in [7, 11) is 0. The highest BCUT2D eigenvalue weighted by Gasteiger charge is 2.10. The van der Waals surface area contributed by atoms with E-state index in [1.807, 2.05) is 22.9 Å². The van der Waals surface area contributed by atoms with Crippen LogP contribution in [0.5, 0.6) is 0 Å². The van der Waals surface area contributed by atoms with Gasteiger partial charge in [-0.3, -0.25) is 0 Å². The van der Waals surface area contributed by atoms with E-state index in [4.69, 9.17) is 0 Å². The van der Waals surface area contributed by atoms with E-state index in [2.05, 4.69) is 27.8 Å². The predicted molar refractivity (Wildman–Crippen MR) is 84.6 cm³/mol. The lowest BCUT2D eigenvalue weighted by molar-refractivity contribution is 0.627. The first kappa shape index (κ1) is 12.8. The number of imidazole rings is 1. The van der Waals surface area contributed by atoms with Crippen LogP contribution < -0.4 is 0 Å². The van der Waals surface area contributed by atoms with Crippen LogP contribution in [0.3, 0.4) is 0 Å². The van der Waals surface area contributed by atoms with E-state index < -0.39 is 0 Å². The number of rotatable bonds is 3. The Morgan fingerprint density at radius 1 is 1.00 bits per heavy atom. The zero-order chi connectivity index (χ0) is 14.9. The number of halogens is 1. The molecule has 22 heavy (non-hydrogen) atoms. The topological polar surface area (TPSA) is 22.8 Å². The Labute approximate surface area is 127 Å². The molecule has 4 heteroatoms. The Kier molecular flexibility index (Phi) is 3.00. The van der Waals surface area contributed by atoms with Crippen molar-refractivity contribution in [1.29, 1.82) is 0 Å². The molecule has 0 aliphatic rings. The van der Waals surface area contributed by atoms with Gasteiger partial charge in [-0.05, 0) is 36.4 Å². The Morgan fingerprint density at radius 2 is 1.82 bits per heavy atom. The standard InChI is InChI=1S/C18H14FN3/c19-15-5-7-16(8-6-15)22-17(12-21-10-9-20-13-21)11-14-3-1-2-4-18(14)22/h1-11,13H,12H2. The van der Waals surface area contributed by atoms with Crippen LogP contribution >= 0.6 is 0 Å². The average Bonchev–Trinajstić information content (AvgIpc) is 3.16. The summed E-state index contributed by atoms with van der Waals surface area (Å²) >= 11 is 0. The number of hydrogen-bond donors (Lipinski definition) is 0. The van der Waals surface area contributed by atoms with Gasteiger partial charge < -0.3 is 9.13 Å². The number of hydrogen-bond acceptors (Lipinski definition) is 1. The van der Waals surface area contributed by atoms with Crippen LogP contribution in [0.25, 0.3) is 16.6 Å². The van der Waals surface area contributed by atoms with Gasteiger partial charge in [0, 0.05) is 29.2 Å². The number of nitrogens with zero attached hydrogens (tertiary/aromatic N) is 3. The summed E-state index contributed by atoms with van der Waals surface area (Å²) in [5.41, 5.74) is 3.20. The minimum absolute atomic E-state index is 0.226. The van der Waals surface area contributed by atoms with Gasteiger partial charge in [-0.1, -0.05) is 18.2 Å². The molecule has 108 valence electrons. The quantitative estimate of drug-likeness (QED) is 0.559. The van der Waals surface area contributed by atoms with Crippen molar-refractivity contribution in [3.63, 3.8) is 0 Å². The summed E-state index contributed by atoms with van der Waals surface area (Å²) in [5.74, 6) is -0.226. The van der Waals surface area contributed by atoms with Gasteiger partial charge in [0.2, 0.25) is 0 Å². The summed E-state index contributed by atoms with van der Waals surface area (Å²) in [6.45, 7) is 0.714. The fourth-order valence-corrected chi connectivity index (χ4v) is 2.79. The van der Waals surface area contributed by atoms with Gasteiger partial charge >= 0.3 is 0 Å². The van der Waals surface area contributed by atoms with Gasteiger partial charge in [0.1, 0.15) is 5.82 Å². The van der Waals surface area contributed by atoms with Gasteiger partial charge in [-0.2, -0.15) is 0 Å². The Balaban J connectivity index is 1.91. The number of aromatic nitrogens is 3. The van der Waals surface area contributed by atoms with Crippen LogP contribution in [0.15, 0.2) is 73.3 Å². The average molecular weight is 291 g/mol. The van der Waals surface area contributed by atoms with E-state index >= 15 is 0 Å². The molecule has 4 rings (SSSR count). The summed E-state index contributed by atoms with van der Waals surface area (Å²) in [5, 5.41) is 1.17. The van der Waals surface area contributed by atoms with Crippen LogP contribution in [0.1, 0.15) is 5.69 Å². The fourth-order valence-electron chi connectivity index (χ4n) is 2.79. The Bertz CT molecular complexity index is 905. The first-order valence-corrected chi connectivity index (χ1v) is 7.12. The zero-order valence-corrected chi connectivity index (χ0v) is 11.9. The maximum Gasteiger partial charge on any atom is 0.123 e. The number of benzene rings is 2. The Hall–Kier alpha value is -2.88. The van der Waals surface area contributed by atoms with Crippen molar-refractivity contribution < 1.29 is 4.39 Å². The highest BCUT2D eigenvalue weighted by Crippen LogP contribution is 2.25. The summed E-state index contributed by atoms with van der Waals surface area (Å²) in [6.07, 6.45) is 5.50. The molecule has 0 saturated carbocycles. The first-order chi connectivity index (χ1) is 10.8. The van der Waals surface area contributed by atoms with Crippen LogP contribution in [-0.4, -0.2) is 14.1 Å². The highest BCUT2D eigenvalue weighted by molar-refractivity contribution is 5.83. The lowest BCUT2D eigenvalue weighted by atomic mass is 10.2. The molecule has 0 atom stereocenters. The SMILES string of the molecule is Fc1ccc(-n2c(Cn3ccnc3)cc3ccccc32)cc1. The largest absolute Gasteiger partial charge is 0.332 e. The third-order valence-electron chi connectivity index (χ3n) is 3.78. The lowest BCUT2D eigenvalue weighted by Crippen LogP contribution is -2.04. The molecule has 0 saturated heterocycles. The second kappa shape index (κ2) is 5.15. The molecule has 0 unspecified atom stereocenters. The lowest BCUT2D eigenvalue weighted by Gasteiger charge is -2.11. The van der Waals surface area contributed by atoms with Crippen molar-refractivity contribution >= 4 is 10.9 Å². The molecule has 2 aromatic heterocycles. The van der Waals surface area contributed by atoms with Crippen LogP contribution in [0, 0.1) is 5.82 Å². The molecule has 0 N–H and O–H groups in total. The van der Waals surface area contributed by atoms with Crippen molar-refractivity contribution in [3.8, 4) is 5.69 Å². The Morgan fingerprint density at radius 3 is 2.59 bits per heavy atom. The predicted octanol–water partition coefficient (Wildman–Crippen LogP) is 4.01. The third-order valence-corrected chi connectivity index (χ3v) is 3.78. The third kappa shape index (κ3) is 2.19. The molecular formula is C18H14FN3. The van der Waals surface area contributed by atoms with Crippen molar-refractivity contribution in [2.75, 3.05) is 0 Å². The van der Waals surface area contributed by atoms with Gasteiger partial charge in [0.15, 0.2) is 0 Å². The van der Waals surface area contributed by atoms with Gasteiger partial charge in [-0.25, -0.2) is 9.37 Å². The van der Waals surface area contributed by atoms with E-state index in [0.717, 1.165) is 16.9 Å². The molecule has 0 fully saturated rings. The molecule has 0 spiro atoms. The van der Waals surface area contributed by atoms with Gasteiger partial charge in [0.25, 0.3) is 0 Å². The fraction of sp³-hybridized carbons (Fsp3) is 0.0556. The van der Waals surface area contributed by atoms with E-state index in [1.54, 1.807) is 24.7 Å². The van der Waals surface area contributed by atoms with Crippen molar-refractivity contribution in [3.05, 3.63) is 84.8 Å². The molecule has 0 radical (unpaired) electrons. The summed E-state index contributed by atoms with van der Waals surface area (Å²) in [6, 6.07) is 17.0. The van der Waals surface area contributed by atoms with E-state index in [0.29, 0.717) is 6.54 Å². The van der Waals surface area contributed by atoms with E-state index in [-0.39, 0.29) is 5.82 Å². The second-order valence-corrected chi connectivity index (χ2v) is 5.24. The zero-order valence-electron chi connectivity index (χ0n) is 11.9. The van der Waals surface area contributed by atoms with E-state index in [1.165, 1.54) is 17.5 Å². The molecule has 2 heterocycles. The molecule has 3 nitrogen and oxygen atoms in total. The summed E-state index contributed by atoms with van der Waals surface area (Å²) < 4.78 is 17.4. The second-order valence-electron chi connectivity index (χ2n) is 5.24. The van der Waals surface area contributed by atoms with Gasteiger partial charge in [0.05, 0.1) is 18.4 Å². The maximum absolute atomic E-state index is 13.2. The minimum atomic E-state index is -0.226. The first-order valence-electron chi connectivity index (χ1n) is 7.12. The van der Waals surface area contributed by atoms with Crippen molar-refractivity contribution in [2.24, 2.45) is 0 Å². The van der Waals surface area contributed by atoms with Crippen LogP contribution in [-0.2, 0) is 6.54 Å². The molecule has 2 aromatic carbocycles. The molecule has 0 bridgehead atoms. The number of fused-ring (bicyclic) bond motifs is 1. The summed E-state index contributed by atoms with van der Waals surface area (Å²) in [4.78, 5) is 4.09. The molecule has 0 aliphatic carbocycles. The van der Waals surface area contributed by atoms with Crippen LogP contribution in [0.2, 0.25) is 0 Å².